The van der Waals surface area contributed by atoms with Crippen LogP contribution < -0.4 is 4.90 Å². The van der Waals surface area contributed by atoms with Crippen LogP contribution in [0.3, 0.4) is 0 Å². The van der Waals surface area contributed by atoms with Crippen LogP contribution in [0, 0.1) is 30.1 Å². The van der Waals surface area contributed by atoms with E-state index in [-0.39, 0.29) is 17.7 Å². The summed E-state index contributed by atoms with van der Waals surface area (Å²) in [6.45, 7) is 8.65. The van der Waals surface area contributed by atoms with E-state index in [1.165, 1.54) is 18.4 Å². The fraction of sp³-hybridized carbons (Fsp3) is 0.516. The highest BCUT2D eigenvalue weighted by Gasteiger charge is 2.30. The maximum absolute atomic E-state index is 13.7. The highest BCUT2D eigenvalue weighted by Crippen LogP contribution is 2.28. The molecule has 2 aliphatic heterocycles. The summed E-state index contributed by atoms with van der Waals surface area (Å²) in [4.78, 5) is 31.7. The lowest BCUT2D eigenvalue weighted by Crippen LogP contribution is -2.45. The van der Waals surface area contributed by atoms with Gasteiger partial charge in [0.25, 0.3) is 0 Å². The molecule has 4 rings (SSSR count). The molecule has 6 nitrogen and oxygen atoms in total. The topological polar surface area (TPSA) is 67.7 Å². The van der Waals surface area contributed by atoms with Crippen molar-refractivity contribution < 1.29 is 9.59 Å². The maximum Gasteiger partial charge on any atom is 0.230 e. The molecular formula is C31H39ClN4O2. The molecule has 2 heterocycles. The molecule has 2 amide bonds. The van der Waals surface area contributed by atoms with Crippen molar-refractivity contribution in [1.29, 1.82) is 5.26 Å². The van der Waals surface area contributed by atoms with Crippen LogP contribution in [0.1, 0.15) is 55.7 Å². The molecule has 38 heavy (non-hydrogen) atoms. The fourth-order valence-electron chi connectivity index (χ4n) is 5.69. The molecule has 7 heteroatoms. The molecule has 2 aromatic rings. The number of hydrogen-bond donors (Lipinski definition) is 0. The summed E-state index contributed by atoms with van der Waals surface area (Å²) in [6, 6.07) is 16.1. The Hall–Kier alpha value is -2.88. The van der Waals surface area contributed by atoms with E-state index in [0.29, 0.717) is 49.0 Å². The van der Waals surface area contributed by atoms with Crippen LogP contribution in [-0.2, 0) is 16.0 Å². The van der Waals surface area contributed by atoms with Crippen molar-refractivity contribution in [3.8, 4) is 6.07 Å². The predicted octanol–water partition coefficient (Wildman–Crippen LogP) is 5.46. The minimum atomic E-state index is -0.0661. The van der Waals surface area contributed by atoms with Crippen molar-refractivity contribution >= 4 is 29.1 Å². The first-order chi connectivity index (χ1) is 18.3. The Bertz CT molecular complexity index is 1140. The first-order valence-corrected chi connectivity index (χ1v) is 14.3. The van der Waals surface area contributed by atoms with Gasteiger partial charge in [-0.25, -0.2) is 0 Å². The Balaban J connectivity index is 1.30. The average Bonchev–Trinajstić information content (AvgIpc) is 2.94. The quantitative estimate of drug-likeness (QED) is 0.451. The molecule has 2 aliphatic rings. The van der Waals surface area contributed by atoms with Crippen LogP contribution in [0.25, 0.3) is 0 Å². The lowest BCUT2D eigenvalue weighted by molar-refractivity contribution is -0.133. The van der Waals surface area contributed by atoms with Gasteiger partial charge in [-0.1, -0.05) is 29.8 Å². The van der Waals surface area contributed by atoms with Crippen LogP contribution in [0.4, 0.5) is 5.69 Å². The summed E-state index contributed by atoms with van der Waals surface area (Å²) < 4.78 is 0. The van der Waals surface area contributed by atoms with Gasteiger partial charge in [-0.3, -0.25) is 9.59 Å². The van der Waals surface area contributed by atoms with Gasteiger partial charge in [0.2, 0.25) is 11.8 Å². The van der Waals surface area contributed by atoms with E-state index >= 15 is 0 Å². The standard InChI is InChI=1S/C31H39ClN4O2/c1-23-4-9-29(21-30(23)32)36(31(38)28-12-18-35(19-13-28)24(2)37)15-3-14-34-16-10-26(11-17-34)20-25-5-7-27(22-33)8-6-25/h4-9,21,26,28H,3,10-20H2,1-2H3. The second kappa shape index (κ2) is 13.3. The highest BCUT2D eigenvalue weighted by molar-refractivity contribution is 6.31. The van der Waals surface area contributed by atoms with Gasteiger partial charge in [0.05, 0.1) is 11.6 Å². The molecule has 0 radical (unpaired) electrons. The van der Waals surface area contributed by atoms with Crippen molar-refractivity contribution in [3.05, 3.63) is 64.2 Å². The van der Waals surface area contributed by atoms with Crippen LogP contribution >= 0.6 is 11.6 Å². The van der Waals surface area contributed by atoms with Gasteiger partial charge in [0.1, 0.15) is 0 Å². The molecular weight excluding hydrogens is 496 g/mol. The van der Waals surface area contributed by atoms with Gasteiger partial charge < -0.3 is 14.7 Å². The monoisotopic (exact) mass is 534 g/mol. The normalized spacial score (nSPS) is 17.3. The van der Waals surface area contributed by atoms with Crippen molar-refractivity contribution in [2.45, 2.75) is 52.4 Å². The van der Waals surface area contributed by atoms with Gasteiger partial charge in [-0.2, -0.15) is 5.26 Å². The van der Waals surface area contributed by atoms with E-state index < -0.39 is 0 Å². The molecule has 0 aliphatic carbocycles. The molecule has 0 unspecified atom stereocenters. The number of benzene rings is 2. The molecule has 0 spiro atoms. The Morgan fingerprint density at radius 2 is 1.71 bits per heavy atom. The summed E-state index contributed by atoms with van der Waals surface area (Å²) in [5.74, 6) is 0.837. The zero-order chi connectivity index (χ0) is 27.1. The van der Waals surface area contributed by atoms with Gasteiger partial charge in [0, 0.05) is 43.2 Å². The molecule has 0 saturated carbocycles. The van der Waals surface area contributed by atoms with E-state index in [9.17, 15) is 9.59 Å². The van der Waals surface area contributed by atoms with Gasteiger partial charge in [-0.05, 0) is 106 Å². The molecule has 0 atom stereocenters. The molecule has 202 valence electrons. The minimum Gasteiger partial charge on any atom is -0.343 e. The summed E-state index contributed by atoms with van der Waals surface area (Å²) in [7, 11) is 0. The van der Waals surface area contributed by atoms with Crippen molar-refractivity contribution in [2.24, 2.45) is 11.8 Å². The first-order valence-electron chi connectivity index (χ1n) is 13.9. The number of piperidine rings is 2. The summed E-state index contributed by atoms with van der Waals surface area (Å²) in [5, 5.41) is 9.68. The number of carbonyl (C=O) groups excluding carboxylic acids is 2. The number of nitriles is 1. The van der Waals surface area contributed by atoms with Crippen LogP contribution in [0.15, 0.2) is 42.5 Å². The van der Waals surface area contributed by atoms with Gasteiger partial charge in [0.15, 0.2) is 0 Å². The first kappa shape index (κ1) is 28.1. The number of amides is 2. The largest absolute Gasteiger partial charge is 0.343 e. The second-order valence-electron chi connectivity index (χ2n) is 10.9. The van der Waals surface area contributed by atoms with Crippen molar-refractivity contribution in [2.75, 3.05) is 44.2 Å². The summed E-state index contributed by atoms with van der Waals surface area (Å²) in [5.41, 5.74) is 3.88. The molecule has 2 saturated heterocycles. The van der Waals surface area contributed by atoms with E-state index in [1.807, 2.05) is 47.1 Å². The molecule has 0 N–H and O–H groups in total. The van der Waals surface area contributed by atoms with E-state index in [2.05, 4.69) is 23.1 Å². The zero-order valence-corrected chi connectivity index (χ0v) is 23.4. The summed E-state index contributed by atoms with van der Waals surface area (Å²) in [6.07, 6.45) is 5.74. The van der Waals surface area contributed by atoms with E-state index in [0.717, 1.165) is 43.7 Å². The Labute approximate surface area is 232 Å². The number of aryl methyl sites for hydroxylation is 1. The van der Waals surface area contributed by atoms with Crippen LogP contribution in [0.5, 0.6) is 0 Å². The fourth-order valence-corrected chi connectivity index (χ4v) is 5.87. The third kappa shape index (κ3) is 7.36. The molecule has 0 bridgehead atoms. The number of carbonyl (C=O) groups is 2. The Morgan fingerprint density at radius 1 is 1.03 bits per heavy atom. The predicted molar refractivity (Wildman–Crippen MR) is 152 cm³/mol. The Morgan fingerprint density at radius 3 is 2.32 bits per heavy atom. The molecule has 2 aromatic carbocycles. The number of hydrogen-bond acceptors (Lipinski definition) is 4. The Kier molecular flexibility index (Phi) is 9.82. The lowest BCUT2D eigenvalue weighted by Gasteiger charge is -2.35. The number of likely N-dealkylation sites (tertiary alicyclic amines) is 2. The number of rotatable bonds is 8. The molecule has 0 aromatic heterocycles. The van der Waals surface area contributed by atoms with E-state index in [4.69, 9.17) is 16.9 Å². The third-order valence-electron chi connectivity index (χ3n) is 8.19. The SMILES string of the molecule is CC(=O)N1CCC(C(=O)N(CCCN2CCC(Cc3ccc(C#N)cc3)CC2)c2ccc(C)c(Cl)c2)CC1. The number of nitrogens with zero attached hydrogens (tertiary/aromatic N) is 4. The van der Waals surface area contributed by atoms with Crippen LogP contribution in [-0.4, -0.2) is 60.9 Å². The van der Waals surface area contributed by atoms with Crippen molar-refractivity contribution in [1.82, 2.24) is 9.80 Å². The van der Waals surface area contributed by atoms with Gasteiger partial charge in [-0.15, -0.1) is 0 Å². The third-order valence-corrected chi connectivity index (χ3v) is 8.60. The highest BCUT2D eigenvalue weighted by atomic mass is 35.5. The zero-order valence-electron chi connectivity index (χ0n) is 22.7. The van der Waals surface area contributed by atoms with Gasteiger partial charge >= 0.3 is 0 Å². The number of halogens is 1. The maximum atomic E-state index is 13.7. The minimum absolute atomic E-state index is 0.0661. The average molecular weight is 535 g/mol. The van der Waals surface area contributed by atoms with Crippen molar-refractivity contribution in [3.63, 3.8) is 0 Å². The lowest BCUT2D eigenvalue weighted by atomic mass is 9.90. The van der Waals surface area contributed by atoms with Crippen LogP contribution in [0.2, 0.25) is 5.02 Å². The number of anilines is 1. The summed E-state index contributed by atoms with van der Waals surface area (Å²) >= 11 is 6.44. The smallest absolute Gasteiger partial charge is 0.230 e. The molecule has 2 fully saturated rings. The second-order valence-corrected chi connectivity index (χ2v) is 11.3. The van der Waals surface area contributed by atoms with E-state index in [1.54, 1.807) is 6.92 Å².